The summed E-state index contributed by atoms with van der Waals surface area (Å²) < 4.78 is 30.0. The summed E-state index contributed by atoms with van der Waals surface area (Å²) in [5, 5.41) is 0. The van der Waals surface area contributed by atoms with Gasteiger partial charge in [0.25, 0.3) is 15.9 Å². The van der Waals surface area contributed by atoms with Gasteiger partial charge in [-0.15, -0.1) is 0 Å². The van der Waals surface area contributed by atoms with Crippen molar-refractivity contribution in [3.63, 3.8) is 0 Å². The molecule has 2 rings (SSSR count). The minimum atomic E-state index is -3.91. The van der Waals surface area contributed by atoms with Gasteiger partial charge in [0.05, 0.1) is 12.0 Å². The Morgan fingerprint density at radius 1 is 1.16 bits per heavy atom. The number of benzene rings is 1. The summed E-state index contributed by atoms with van der Waals surface area (Å²) in [5.41, 5.74) is 0. The van der Waals surface area contributed by atoms with E-state index < -0.39 is 10.0 Å². The van der Waals surface area contributed by atoms with Crippen LogP contribution in [0.25, 0.3) is 0 Å². The van der Waals surface area contributed by atoms with E-state index in [1.165, 1.54) is 31.6 Å². The van der Waals surface area contributed by atoms with Gasteiger partial charge in [-0.05, 0) is 12.1 Å². The third kappa shape index (κ3) is 2.61. The Morgan fingerprint density at radius 3 is 2.42 bits per heavy atom. The molecule has 0 fully saturated rings. The zero-order chi connectivity index (χ0) is 13.9. The molecule has 2 aromatic rings. The summed E-state index contributed by atoms with van der Waals surface area (Å²) in [4.78, 5) is 7.77. The predicted octanol–water partition coefficient (Wildman–Crippen LogP) is 1.83. The largest absolute Gasteiger partial charge is 0.478 e. The number of halogens is 1. The summed E-state index contributed by atoms with van der Waals surface area (Å²) >= 11 is 5.88. The van der Waals surface area contributed by atoms with Gasteiger partial charge in [0.15, 0.2) is 0 Å². The minimum Gasteiger partial charge on any atom is -0.478 e. The molecule has 0 atom stereocenters. The first-order valence-corrected chi connectivity index (χ1v) is 6.96. The number of rotatable bonds is 4. The Hall–Kier alpha value is -1.86. The summed E-state index contributed by atoms with van der Waals surface area (Å²) in [6.07, 6.45) is 2.70. The van der Waals surface area contributed by atoms with Gasteiger partial charge in [0.1, 0.15) is 0 Å². The molecule has 0 unspecified atom stereocenters. The van der Waals surface area contributed by atoms with Gasteiger partial charge in [0, 0.05) is 24.2 Å². The van der Waals surface area contributed by atoms with Crippen molar-refractivity contribution >= 4 is 27.6 Å². The summed E-state index contributed by atoms with van der Waals surface area (Å²) in [6, 6.07) is 7.79. The van der Waals surface area contributed by atoms with E-state index >= 15 is 0 Å². The van der Waals surface area contributed by atoms with E-state index in [4.69, 9.17) is 16.5 Å². The normalized spacial score (nSPS) is 11.1. The van der Waals surface area contributed by atoms with E-state index in [1.807, 2.05) is 0 Å². The standard InChI is InChI=1S/C11H10ClN3O3S/c1-18-11-10(13-7-8-14-11)15(12)19(16,17)9-5-3-2-4-6-9/h2-8H,1H3. The first kappa shape index (κ1) is 13.6. The van der Waals surface area contributed by atoms with E-state index in [9.17, 15) is 8.42 Å². The van der Waals surface area contributed by atoms with Gasteiger partial charge in [0.2, 0.25) is 5.82 Å². The first-order chi connectivity index (χ1) is 9.07. The van der Waals surface area contributed by atoms with Crippen LogP contribution in [0.15, 0.2) is 47.6 Å². The fourth-order valence-electron chi connectivity index (χ4n) is 1.38. The molecule has 0 aliphatic heterocycles. The summed E-state index contributed by atoms with van der Waals surface area (Å²) in [6.45, 7) is 0. The number of hydrogen-bond acceptors (Lipinski definition) is 5. The number of methoxy groups -OCH3 is 1. The second-order valence-corrected chi connectivity index (χ2v) is 5.75. The molecule has 0 N–H and O–H groups in total. The molecule has 0 spiro atoms. The Morgan fingerprint density at radius 2 is 1.79 bits per heavy atom. The molecule has 8 heteroatoms. The average Bonchev–Trinajstić information content (AvgIpc) is 2.47. The lowest BCUT2D eigenvalue weighted by atomic mass is 10.4. The monoisotopic (exact) mass is 299 g/mol. The lowest BCUT2D eigenvalue weighted by molar-refractivity contribution is 0.397. The molecule has 0 bridgehead atoms. The molecular weight excluding hydrogens is 290 g/mol. The highest BCUT2D eigenvalue weighted by molar-refractivity contribution is 7.94. The van der Waals surface area contributed by atoms with Crippen LogP contribution in [0.3, 0.4) is 0 Å². The summed E-state index contributed by atoms with van der Waals surface area (Å²) in [5.74, 6) is -0.0625. The average molecular weight is 300 g/mol. The number of aromatic nitrogens is 2. The lowest BCUT2D eigenvalue weighted by Gasteiger charge is -2.16. The van der Waals surface area contributed by atoms with E-state index in [1.54, 1.807) is 18.2 Å². The molecule has 0 saturated heterocycles. The maximum absolute atomic E-state index is 12.3. The van der Waals surface area contributed by atoms with Gasteiger partial charge < -0.3 is 4.74 Å². The van der Waals surface area contributed by atoms with Crippen molar-refractivity contribution < 1.29 is 13.2 Å². The SMILES string of the molecule is COc1nccnc1N(Cl)S(=O)(=O)c1ccccc1. The lowest BCUT2D eigenvalue weighted by Crippen LogP contribution is -2.23. The smallest absolute Gasteiger partial charge is 0.279 e. The fourth-order valence-corrected chi connectivity index (χ4v) is 2.78. The van der Waals surface area contributed by atoms with E-state index in [0.29, 0.717) is 3.82 Å². The van der Waals surface area contributed by atoms with E-state index in [0.717, 1.165) is 0 Å². The van der Waals surface area contributed by atoms with Crippen LogP contribution in [-0.4, -0.2) is 25.5 Å². The van der Waals surface area contributed by atoms with Gasteiger partial charge in [-0.2, -0.15) is 12.2 Å². The van der Waals surface area contributed by atoms with Crippen molar-refractivity contribution in [3.8, 4) is 5.88 Å². The molecule has 100 valence electrons. The third-order valence-electron chi connectivity index (χ3n) is 2.26. The highest BCUT2D eigenvalue weighted by Crippen LogP contribution is 2.29. The Balaban J connectivity index is 2.47. The van der Waals surface area contributed by atoms with Crippen molar-refractivity contribution in [2.45, 2.75) is 4.90 Å². The molecule has 19 heavy (non-hydrogen) atoms. The van der Waals surface area contributed by atoms with Gasteiger partial charge in [-0.3, -0.25) is 0 Å². The summed E-state index contributed by atoms with van der Waals surface area (Å²) in [7, 11) is -2.55. The minimum absolute atomic E-state index is 0.0250. The van der Waals surface area contributed by atoms with Crippen molar-refractivity contribution in [2.75, 3.05) is 10.9 Å². The molecule has 1 aromatic carbocycles. The number of sulfonamides is 1. The second-order valence-electron chi connectivity index (χ2n) is 3.42. The molecule has 0 saturated carbocycles. The number of hydrogen-bond donors (Lipinski definition) is 0. The highest BCUT2D eigenvalue weighted by Gasteiger charge is 2.27. The Labute approximate surface area is 115 Å². The molecule has 0 amide bonds. The van der Waals surface area contributed by atoms with Crippen molar-refractivity contribution in [1.82, 2.24) is 9.97 Å². The number of anilines is 1. The highest BCUT2D eigenvalue weighted by atomic mass is 35.5. The fraction of sp³-hybridized carbons (Fsp3) is 0.0909. The van der Waals surface area contributed by atoms with Gasteiger partial charge in [-0.25, -0.2) is 9.97 Å². The van der Waals surface area contributed by atoms with Crippen molar-refractivity contribution in [2.24, 2.45) is 0 Å². The number of ether oxygens (including phenoxy) is 1. The van der Waals surface area contributed by atoms with Crippen molar-refractivity contribution in [3.05, 3.63) is 42.7 Å². The molecule has 0 aliphatic rings. The van der Waals surface area contributed by atoms with Crippen LogP contribution < -0.4 is 8.56 Å². The maximum atomic E-state index is 12.3. The first-order valence-electron chi connectivity index (χ1n) is 5.18. The predicted molar refractivity (Wildman–Crippen MR) is 70.5 cm³/mol. The molecule has 0 radical (unpaired) electrons. The maximum Gasteiger partial charge on any atom is 0.279 e. The van der Waals surface area contributed by atoms with E-state index in [2.05, 4.69) is 9.97 Å². The molecule has 6 nitrogen and oxygen atoms in total. The zero-order valence-electron chi connectivity index (χ0n) is 9.89. The molecule has 0 aliphatic carbocycles. The van der Waals surface area contributed by atoms with Crippen LogP contribution in [0.1, 0.15) is 0 Å². The van der Waals surface area contributed by atoms with E-state index in [-0.39, 0.29) is 16.6 Å². The molecule has 1 heterocycles. The van der Waals surface area contributed by atoms with Crippen LogP contribution in [0.2, 0.25) is 0 Å². The van der Waals surface area contributed by atoms with Crippen LogP contribution >= 0.6 is 11.8 Å². The van der Waals surface area contributed by atoms with Crippen LogP contribution in [-0.2, 0) is 10.0 Å². The molecule has 1 aromatic heterocycles. The third-order valence-corrected chi connectivity index (χ3v) is 4.43. The zero-order valence-corrected chi connectivity index (χ0v) is 11.5. The topological polar surface area (TPSA) is 72.4 Å². The molecular formula is C11H10ClN3O3S. The van der Waals surface area contributed by atoms with Crippen LogP contribution in [0, 0.1) is 0 Å². The number of nitrogens with zero attached hydrogens (tertiary/aromatic N) is 3. The van der Waals surface area contributed by atoms with Crippen LogP contribution in [0.4, 0.5) is 5.82 Å². The quantitative estimate of drug-likeness (QED) is 0.805. The van der Waals surface area contributed by atoms with Gasteiger partial charge >= 0.3 is 0 Å². The van der Waals surface area contributed by atoms with Crippen molar-refractivity contribution in [1.29, 1.82) is 0 Å². The van der Waals surface area contributed by atoms with Gasteiger partial charge in [-0.1, -0.05) is 18.2 Å². The van der Waals surface area contributed by atoms with Crippen LogP contribution in [0.5, 0.6) is 5.88 Å². The Kier molecular flexibility index (Phi) is 3.87. The second kappa shape index (κ2) is 5.41. The Bertz CT molecular complexity index is 664.